The number of anilines is 1. The molecule has 0 spiro atoms. The van der Waals surface area contributed by atoms with E-state index in [-0.39, 0.29) is 29.1 Å². The number of amides is 2. The van der Waals surface area contributed by atoms with Crippen LogP contribution in [0.3, 0.4) is 0 Å². The minimum atomic E-state index is -0.550. The van der Waals surface area contributed by atoms with Crippen LogP contribution in [0.4, 0.5) is 10.5 Å². The van der Waals surface area contributed by atoms with Crippen molar-refractivity contribution in [1.82, 2.24) is 10.6 Å². The topological polar surface area (TPSA) is 70.2 Å². The molecule has 5 nitrogen and oxygen atoms in total. The summed E-state index contributed by atoms with van der Waals surface area (Å²) in [6, 6.07) is 27.6. The Labute approximate surface area is 185 Å². The van der Waals surface area contributed by atoms with Gasteiger partial charge in [0.25, 0.3) is 0 Å². The maximum Gasteiger partial charge on any atom is 0.352 e. The van der Waals surface area contributed by atoms with Crippen LogP contribution in [0.15, 0.2) is 84.9 Å². The number of carbonyl (C=O) groups excluding carboxylic acids is 2. The Morgan fingerprint density at radius 2 is 1.61 bits per heavy atom. The Morgan fingerprint density at radius 3 is 2.29 bits per heavy atom. The van der Waals surface area contributed by atoms with Crippen LogP contribution in [0, 0.1) is 6.92 Å². The molecule has 2 unspecified atom stereocenters. The highest BCUT2D eigenvalue weighted by Crippen LogP contribution is 2.35. The molecule has 1 aliphatic heterocycles. The van der Waals surface area contributed by atoms with Crippen molar-refractivity contribution in [2.75, 3.05) is 17.6 Å². The standard InChI is InChI=1S/C25H25N3O2S/c1-18-9-8-14-21(15-18)27-25(30)26-16-23(29)31-17-22(19-10-4-2-5-11-19)28-24(31)20-12-6-3-7-13-20/h2-15,22,24,28H,16-17H2,1H3,(H-,26,27,30)/p+1/t22-,24?,31?/m0/s1. The molecule has 3 aromatic carbocycles. The molecule has 0 saturated carbocycles. The van der Waals surface area contributed by atoms with E-state index in [0.29, 0.717) is 5.69 Å². The second-order valence-corrected chi connectivity index (χ2v) is 9.68. The van der Waals surface area contributed by atoms with Crippen LogP contribution in [0.25, 0.3) is 0 Å². The van der Waals surface area contributed by atoms with E-state index >= 15 is 0 Å². The Hall–Kier alpha value is -3.09. The van der Waals surface area contributed by atoms with Gasteiger partial charge in [-0.05, 0) is 30.2 Å². The number of hydrogen-bond donors (Lipinski definition) is 3. The Balaban J connectivity index is 1.43. The first kappa shape index (κ1) is 21.2. The van der Waals surface area contributed by atoms with E-state index in [1.165, 1.54) is 5.56 Å². The van der Waals surface area contributed by atoms with E-state index in [1.807, 2.05) is 67.6 Å². The van der Waals surface area contributed by atoms with Crippen LogP contribution < -0.4 is 16.0 Å². The molecule has 0 aliphatic carbocycles. The summed E-state index contributed by atoms with van der Waals surface area (Å²) in [5, 5.41) is 9.18. The molecule has 31 heavy (non-hydrogen) atoms. The molecule has 4 rings (SSSR count). The number of aryl methyl sites for hydroxylation is 1. The van der Waals surface area contributed by atoms with Gasteiger partial charge in [-0.3, -0.25) is 5.32 Å². The third kappa shape index (κ3) is 5.34. The monoisotopic (exact) mass is 432 g/mol. The molecule has 3 atom stereocenters. The summed E-state index contributed by atoms with van der Waals surface area (Å²) >= 11 is 0. The number of hydrogen-bond acceptors (Lipinski definition) is 3. The van der Waals surface area contributed by atoms with E-state index < -0.39 is 10.9 Å². The van der Waals surface area contributed by atoms with Gasteiger partial charge < -0.3 is 10.6 Å². The zero-order valence-electron chi connectivity index (χ0n) is 17.4. The van der Waals surface area contributed by atoms with Gasteiger partial charge in [0.05, 0.1) is 16.9 Å². The van der Waals surface area contributed by atoms with E-state index in [9.17, 15) is 9.59 Å². The van der Waals surface area contributed by atoms with Gasteiger partial charge >= 0.3 is 11.1 Å². The van der Waals surface area contributed by atoms with Crippen LogP contribution in [0.5, 0.6) is 0 Å². The van der Waals surface area contributed by atoms with Gasteiger partial charge in [-0.15, -0.1) is 0 Å². The van der Waals surface area contributed by atoms with E-state index in [1.54, 1.807) is 0 Å². The predicted molar refractivity (Wildman–Crippen MR) is 127 cm³/mol. The van der Waals surface area contributed by atoms with Crippen molar-refractivity contribution >= 4 is 27.7 Å². The minimum Gasteiger partial charge on any atom is -0.326 e. The van der Waals surface area contributed by atoms with Crippen molar-refractivity contribution in [3.63, 3.8) is 0 Å². The summed E-state index contributed by atoms with van der Waals surface area (Å²) in [6.45, 7) is 1.97. The lowest BCUT2D eigenvalue weighted by Gasteiger charge is -2.12. The molecule has 6 heteroatoms. The second-order valence-electron chi connectivity index (χ2n) is 7.57. The number of benzene rings is 3. The van der Waals surface area contributed by atoms with Gasteiger partial charge in [0.1, 0.15) is 12.3 Å². The largest absolute Gasteiger partial charge is 0.352 e. The Kier molecular flexibility index (Phi) is 6.70. The fourth-order valence-electron chi connectivity index (χ4n) is 3.72. The van der Waals surface area contributed by atoms with Crippen molar-refractivity contribution in [2.45, 2.75) is 18.3 Å². The highest BCUT2D eigenvalue weighted by molar-refractivity contribution is 8.11. The molecule has 158 valence electrons. The zero-order valence-corrected chi connectivity index (χ0v) is 18.2. The normalized spacial score (nSPS) is 20.2. The first-order valence-corrected chi connectivity index (χ1v) is 11.8. The summed E-state index contributed by atoms with van der Waals surface area (Å²) in [6.07, 6.45) is 0. The van der Waals surface area contributed by atoms with E-state index in [4.69, 9.17) is 0 Å². The van der Waals surface area contributed by atoms with Gasteiger partial charge in [0.15, 0.2) is 0 Å². The van der Waals surface area contributed by atoms with Gasteiger partial charge in [-0.2, -0.15) is 0 Å². The van der Waals surface area contributed by atoms with Crippen molar-refractivity contribution in [1.29, 1.82) is 0 Å². The van der Waals surface area contributed by atoms with Crippen LogP contribution in [0.2, 0.25) is 0 Å². The number of rotatable bonds is 5. The zero-order chi connectivity index (χ0) is 21.6. The smallest absolute Gasteiger partial charge is 0.326 e. The molecule has 3 aromatic rings. The molecule has 2 amide bonds. The fourth-order valence-corrected chi connectivity index (χ4v) is 6.08. The van der Waals surface area contributed by atoms with Crippen molar-refractivity contribution in [3.8, 4) is 0 Å². The Morgan fingerprint density at radius 1 is 0.935 bits per heavy atom. The van der Waals surface area contributed by atoms with Crippen molar-refractivity contribution in [2.24, 2.45) is 0 Å². The number of urea groups is 1. The molecule has 1 aliphatic rings. The highest BCUT2D eigenvalue weighted by atomic mass is 32.2. The molecule has 0 radical (unpaired) electrons. The summed E-state index contributed by atoms with van der Waals surface area (Å²) in [5.41, 5.74) is 4.05. The fraction of sp³-hybridized carbons (Fsp3) is 0.200. The summed E-state index contributed by atoms with van der Waals surface area (Å²) in [5.74, 6) is 0.726. The second kappa shape index (κ2) is 9.81. The molecular formula is C25H26N3O2S+. The average Bonchev–Trinajstić information content (AvgIpc) is 3.24. The van der Waals surface area contributed by atoms with E-state index in [2.05, 4.69) is 40.2 Å². The maximum absolute atomic E-state index is 13.1. The highest BCUT2D eigenvalue weighted by Gasteiger charge is 2.48. The summed E-state index contributed by atoms with van der Waals surface area (Å²) < 4.78 is 0. The maximum atomic E-state index is 13.1. The van der Waals surface area contributed by atoms with Crippen LogP contribution >= 0.6 is 0 Å². The van der Waals surface area contributed by atoms with Crippen molar-refractivity contribution in [3.05, 3.63) is 102 Å². The first-order chi connectivity index (χ1) is 15.1. The van der Waals surface area contributed by atoms with Crippen LogP contribution in [-0.2, 0) is 15.7 Å². The Bertz CT molecular complexity index is 1040. The quantitative estimate of drug-likeness (QED) is 0.527. The van der Waals surface area contributed by atoms with Gasteiger partial charge in [0.2, 0.25) is 5.37 Å². The first-order valence-electron chi connectivity index (χ1n) is 10.3. The van der Waals surface area contributed by atoms with Gasteiger partial charge in [0, 0.05) is 11.3 Å². The third-order valence-electron chi connectivity index (χ3n) is 5.25. The molecule has 1 fully saturated rings. The van der Waals surface area contributed by atoms with Gasteiger partial charge in [-0.1, -0.05) is 72.8 Å². The molecule has 0 aromatic heterocycles. The minimum absolute atomic E-state index is 0.00723. The lowest BCUT2D eigenvalue weighted by Crippen LogP contribution is -2.37. The lowest BCUT2D eigenvalue weighted by molar-refractivity contribution is -0.110. The van der Waals surface area contributed by atoms with Crippen LogP contribution in [0.1, 0.15) is 28.1 Å². The number of nitrogens with one attached hydrogen (secondary N) is 3. The third-order valence-corrected chi connectivity index (χ3v) is 7.65. The summed E-state index contributed by atoms with van der Waals surface area (Å²) in [7, 11) is -0.550. The number of carbonyl (C=O) groups is 2. The molecule has 3 N–H and O–H groups in total. The molecule has 0 bridgehead atoms. The molecule has 1 heterocycles. The van der Waals surface area contributed by atoms with E-state index in [0.717, 1.165) is 16.9 Å². The SMILES string of the molecule is Cc1cccc(NC(=O)NCC(=O)[S+]2C[C@@H](c3ccccc3)NC2c2ccccc2)c1. The lowest BCUT2D eigenvalue weighted by atomic mass is 10.1. The predicted octanol–water partition coefficient (Wildman–Crippen LogP) is 4.30. The van der Waals surface area contributed by atoms with Crippen LogP contribution in [-0.4, -0.2) is 23.4 Å². The van der Waals surface area contributed by atoms with Crippen molar-refractivity contribution < 1.29 is 9.59 Å². The van der Waals surface area contributed by atoms with Gasteiger partial charge in [-0.25, -0.2) is 9.59 Å². The summed E-state index contributed by atoms with van der Waals surface area (Å²) in [4.78, 5) is 25.4. The molecular weight excluding hydrogens is 406 g/mol. The average molecular weight is 433 g/mol. The molecule has 1 saturated heterocycles.